The topological polar surface area (TPSA) is 114 Å². The van der Waals surface area contributed by atoms with Gasteiger partial charge in [0.25, 0.3) is 11.8 Å². The molecule has 1 saturated heterocycles. The van der Waals surface area contributed by atoms with Crippen molar-refractivity contribution in [1.82, 2.24) is 10.2 Å². The highest BCUT2D eigenvalue weighted by atomic mass is 16.7. The Morgan fingerprint density at radius 2 is 2.04 bits per heavy atom. The number of hydrogen-bond donors (Lipinski definition) is 2. The lowest BCUT2D eigenvalue weighted by molar-refractivity contribution is -0.137. The van der Waals surface area contributed by atoms with Crippen molar-refractivity contribution in [2.45, 2.75) is 38.9 Å². The molecule has 0 aromatic rings. The van der Waals surface area contributed by atoms with E-state index in [1.165, 1.54) is 12.2 Å². The number of amides is 3. The Morgan fingerprint density at radius 1 is 1.43 bits per heavy atom. The average molecular weight is 325 g/mol. The minimum absolute atomic E-state index is 0.0650. The highest BCUT2D eigenvalue weighted by Gasteiger charge is 2.59. The van der Waals surface area contributed by atoms with Crippen LogP contribution in [0, 0.1) is 5.41 Å². The molecule has 8 heteroatoms. The number of carbonyl (C=O) groups is 3. The molecule has 3 N–H and O–H groups in total. The smallest absolute Gasteiger partial charge is 0.253 e. The lowest BCUT2D eigenvalue weighted by Crippen LogP contribution is -2.41. The van der Waals surface area contributed by atoms with Crippen molar-refractivity contribution in [2.24, 2.45) is 11.3 Å². The van der Waals surface area contributed by atoms with Crippen LogP contribution in [0.4, 0.5) is 0 Å². The van der Waals surface area contributed by atoms with Crippen LogP contribution in [-0.4, -0.2) is 54.0 Å². The van der Waals surface area contributed by atoms with Gasteiger partial charge in [-0.15, -0.1) is 0 Å². The molecule has 2 aliphatic heterocycles. The number of nitrogens with zero attached hydrogens (tertiary/aromatic N) is 1. The summed E-state index contributed by atoms with van der Waals surface area (Å²) in [6.07, 6.45) is 2.41. The van der Waals surface area contributed by atoms with Crippen LogP contribution in [-0.2, 0) is 24.0 Å². The van der Waals surface area contributed by atoms with Gasteiger partial charge in [0.2, 0.25) is 5.91 Å². The molecule has 2 unspecified atom stereocenters. The molecular weight excluding hydrogens is 302 g/mol. The van der Waals surface area contributed by atoms with E-state index in [9.17, 15) is 14.4 Å². The second kappa shape index (κ2) is 6.38. The molecule has 3 amide bonds. The molecule has 0 spiro atoms. The average Bonchev–Trinajstić information content (AvgIpc) is 3.06. The number of ether oxygens (including phenoxy) is 1. The molecule has 0 aromatic carbocycles. The SMILES string of the molecule is CC(C)(CNC(=O)CCN1C(=O)C=CC1=O)C1OC1(C)CON. The molecule has 0 bridgehead atoms. The monoisotopic (exact) mass is 325 g/mol. The maximum Gasteiger partial charge on any atom is 0.253 e. The first-order chi connectivity index (χ1) is 10.7. The summed E-state index contributed by atoms with van der Waals surface area (Å²) >= 11 is 0. The standard InChI is InChI=1S/C15H23N3O5/c1-14(2,13-15(3,23-13)9-22-16)8-17-10(19)6-7-18-11(20)4-5-12(18)21/h4-5,13H,6-9,16H2,1-3H3,(H,17,19). The van der Waals surface area contributed by atoms with Crippen LogP contribution in [0.5, 0.6) is 0 Å². The van der Waals surface area contributed by atoms with Gasteiger partial charge < -0.3 is 14.9 Å². The first kappa shape index (κ1) is 17.6. The summed E-state index contributed by atoms with van der Waals surface area (Å²) in [5.41, 5.74) is -0.715. The van der Waals surface area contributed by atoms with Crippen molar-refractivity contribution in [3.8, 4) is 0 Å². The Balaban J connectivity index is 1.74. The van der Waals surface area contributed by atoms with Gasteiger partial charge in [-0.05, 0) is 6.92 Å². The molecule has 23 heavy (non-hydrogen) atoms. The molecule has 0 aromatic heterocycles. The van der Waals surface area contributed by atoms with Crippen molar-refractivity contribution >= 4 is 17.7 Å². The molecule has 8 nitrogen and oxygen atoms in total. The normalized spacial score (nSPS) is 26.8. The van der Waals surface area contributed by atoms with Crippen molar-refractivity contribution in [2.75, 3.05) is 19.7 Å². The van der Waals surface area contributed by atoms with Gasteiger partial charge >= 0.3 is 0 Å². The number of rotatable bonds is 8. The number of epoxide rings is 1. The van der Waals surface area contributed by atoms with Gasteiger partial charge in [-0.2, -0.15) is 0 Å². The van der Waals surface area contributed by atoms with Crippen LogP contribution in [0.25, 0.3) is 0 Å². The van der Waals surface area contributed by atoms with Gasteiger partial charge in [-0.25, -0.2) is 5.90 Å². The molecule has 2 atom stereocenters. The summed E-state index contributed by atoms with van der Waals surface area (Å²) in [5.74, 6) is 4.11. The van der Waals surface area contributed by atoms with E-state index >= 15 is 0 Å². The third-order valence-corrected chi connectivity index (χ3v) is 4.17. The highest BCUT2D eigenvalue weighted by Crippen LogP contribution is 2.47. The van der Waals surface area contributed by atoms with Gasteiger partial charge in [0.1, 0.15) is 5.60 Å². The molecule has 1 fully saturated rings. The van der Waals surface area contributed by atoms with Crippen molar-refractivity contribution in [3.05, 3.63) is 12.2 Å². The van der Waals surface area contributed by atoms with Crippen molar-refractivity contribution in [1.29, 1.82) is 0 Å². The number of nitrogens with two attached hydrogens (primary N) is 1. The predicted octanol–water partition coefficient (Wildman–Crippen LogP) is -0.508. The molecule has 0 radical (unpaired) electrons. The number of nitrogens with one attached hydrogen (secondary N) is 1. The van der Waals surface area contributed by atoms with Crippen molar-refractivity contribution < 1.29 is 24.0 Å². The molecule has 2 heterocycles. The van der Waals surface area contributed by atoms with Gasteiger partial charge in [-0.1, -0.05) is 13.8 Å². The van der Waals surface area contributed by atoms with Gasteiger partial charge in [-0.3, -0.25) is 19.3 Å². The Bertz CT molecular complexity index is 527. The molecule has 0 saturated carbocycles. The summed E-state index contributed by atoms with van der Waals surface area (Å²) in [4.78, 5) is 40.4. The summed E-state index contributed by atoms with van der Waals surface area (Å²) in [6, 6.07) is 0. The van der Waals surface area contributed by atoms with E-state index in [1.807, 2.05) is 20.8 Å². The first-order valence-electron chi connectivity index (χ1n) is 7.49. The van der Waals surface area contributed by atoms with Crippen LogP contribution in [0.2, 0.25) is 0 Å². The molecule has 0 aliphatic carbocycles. The Labute approximate surface area is 134 Å². The zero-order valence-electron chi connectivity index (χ0n) is 13.6. The quantitative estimate of drug-likeness (QED) is 0.353. The minimum atomic E-state index is -0.428. The van der Waals surface area contributed by atoms with Gasteiger partial charge in [0.15, 0.2) is 0 Å². The number of hydrogen-bond acceptors (Lipinski definition) is 6. The van der Waals surface area contributed by atoms with E-state index in [-0.39, 0.29) is 42.2 Å². The van der Waals surface area contributed by atoms with Crippen LogP contribution in [0.3, 0.4) is 0 Å². The van der Waals surface area contributed by atoms with Crippen LogP contribution >= 0.6 is 0 Å². The van der Waals surface area contributed by atoms with Gasteiger partial charge in [0, 0.05) is 37.1 Å². The zero-order valence-corrected chi connectivity index (χ0v) is 13.6. The fourth-order valence-electron chi connectivity index (χ4n) is 2.87. The summed E-state index contributed by atoms with van der Waals surface area (Å²) in [6.45, 7) is 6.66. The maximum absolute atomic E-state index is 11.9. The summed E-state index contributed by atoms with van der Waals surface area (Å²) in [5, 5.41) is 2.82. The second-order valence-corrected chi connectivity index (χ2v) is 6.80. The maximum atomic E-state index is 11.9. The Hall–Kier alpha value is -1.77. The Morgan fingerprint density at radius 3 is 2.61 bits per heavy atom. The van der Waals surface area contributed by atoms with Crippen LogP contribution in [0.15, 0.2) is 12.2 Å². The lowest BCUT2D eigenvalue weighted by atomic mass is 9.83. The van der Waals surface area contributed by atoms with E-state index in [0.717, 1.165) is 4.90 Å². The van der Waals surface area contributed by atoms with E-state index < -0.39 is 5.60 Å². The lowest BCUT2D eigenvalue weighted by Gasteiger charge is -2.24. The van der Waals surface area contributed by atoms with Crippen molar-refractivity contribution in [3.63, 3.8) is 0 Å². The largest absolute Gasteiger partial charge is 0.363 e. The van der Waals surface area contributed by atoms with E-state index in [4.69, 9.17) is 10.6 Å². The van der Waals surface area contributed by atoms with E-state index in [1.54, 1.807) is 0 Å². The van der Waals surface area contributed by atoms with Crippen LogP contribution in [0.1, 0.15) is 27.2 Å². The summed E-state index contributed by atoms with van der Waals surface area (Å²) < 4.78 is 5.65. The zero-order chi connectivity index (χ0) is 17.3. The number of carbonyl (C=O) groups excluding carboxylic acids is 3. The Kier molecular flexibility index (Phi) is 4.88. The minimum Gasteiger partial charge on any atom is -0.363 e. The molecule has 128 valence electrons. The molecule has 2 rings (SSSR count). The number of imide groups is 1. The third-order valence-electron chi connectivity index (χ3n) is 4.17. The van der Waals surface area contributed by atoms with E-state index in [2.05, 4.69) is 10.2 Å². The fraction of sp³-hybridized carbons (Fsp3) is 0.667. The third kappa shape index (κ3) is 3.95. The summed E-state index contributed by atoms with van der Waals surface area (Å²) in [7, 11) is 0. The molecular formula is C15H23N3O5. The molecule has 2 aliphatic rings. The highest BCUT2D eigenvalue weighted by molar-refractivity contribution is 6.13. The fourth-order valence-corrected chi connectivity index (χ4v) is 2.87. The predicted molar refractivity (Wildman–Crippen MR) is 80.7 cm³/mol. The van der Waals surface area contributed by atoms with Gasteiger partial charge in [0.05, 0.1) is 12.7 Å². The van der Waals surface area contributed by atoms with Crippen LogP contribution < -0.4 is 11.2 Å². The second-order valence-electron chi connectivity index (χ2n) is 6.80. The van der Waals surface area contributed by atoms with E-state index in [0.29, 0.717) is 13.2 Å². The first-order valence-corrected chi connectivity index (χ1v) is 7.49.